The molecule has 4 heteroatoms. The highest BCUT2D eigenvalue weighted by molar-refractivity contribution is 5.85. The molecule has 0 fully saturated rings. The van der Waals surface area contributed by atoms with E-state index < -0.39 is 0 Å². The number of ether oxygens (including phenoxy) is 1. The van der Waals surface area contributed by atoms with Crippen molar-refractivity contribution in [3.63, 3.8) is 0 Å². The van der Waals surface area contributed by atoms with Crippen LogP contribution in [0.1, 0.15) is 6.42 Å². The van der Waals surface area contributed by atoms with Gasteiger partial charge in [0.25, 0.3) is 0 Å². The van der Waals surface area contributed by atoms with Gasteiger partial charge >= 0.3 is 0 Å². The van der Waals surface area contributed by atoms with Crippen LogP contribution in [0.3, 0.4) is 0 Å². The molecule has 3 N–H and O–H groups in total. The van der Waals surface area contributed by atoms with Gasteiger partial charge in [-0.2, -0.15) is 0 Å². The highest BCUT2D eigenvalue weighted by atomic mass is 35.5. The number of aromatic hydroxyl groups is 1. The van der Waals surface area contributed by atoms with Crippen LogP contribution >= 0.6 is 12.4 Å². The average Bonchev–Trinajstić information content (AvgIpc) is 2.09. The van der Waals surface area contributed by atoms with Gasteiger partial charge < -0.3 is 15.6 Å². The molecular weight excluding hydrogens is 190 g/mol. The van der Waals surface area contributed by atoms with E-state index in [0.29, 0.717) is 13.2 Å². The first-order valence-electron chi connectivity index (χ1n) is 3.95. The van der Waals surface area contributed by atoms with Crippen LogP contribution in [-0.4, -0.2) is 18.3 Å². The van der Waals surface area contributed by atoms with Gasteiger partial charge in [0, 0.05) is 0 Å². The van der Waals surface area contributed by atoms with E-state index >= 15 is 0 Å². The van der Waals surface area contributed by atoms with Crippen LogP contribution in [0.4, 0.5) is 0 Å². The molecule has 0 aromatic heterocycles. The molecule has 74 valence electrons. The fourth-order valence-corrected chi connectivity index (χ4v) is 0.816. The van der Waals surface area contributed by atoms with Crippen molar-refractivity contribution in [3.8, 4) is 11.5 Å². The summed E-state index contributed by atoms with van der Waals surface area (Å²) in [4.78, 5) is 0. The summed E-state index contributed by atoms with van der Waals surface area (Å²) in [5.41, 5.74) is 5.30. The largest absolute Gasteiger partial charge is 0.508 e. The van der Waals surface area contributed by atoms with E-state index in [4.69, 9.17) is 15.6 Å². The van der Waals surface area contributed by atoms with E-state index in [1.54, 1.807) is 24.3 Å². The van der Waals surface area contributed by atoms with Gasteiger partial charge in [-0.25, -0.2) is 0 Å². The third kappa shape index (κ3) is 4.60. The number of nitrogens with two attached hydrogens (primary N) is 1. The molecule has 0 aliphatic rings. The SMILES string of the molecule is Cl.NCCCOc1ccc(O)cc1. The van der Waals surface area contributed by atoms with Gasteiger partial charge in [-0.3, -0.25) is 0 Å². The Hall–Kier alpha value is -0.930. The standard InChI is InChI=1S/C9H13NO2.ClH/c10-6-1-7-12-9-4-2-8(11)3-5-9;/h2-5,11H,1,6-7,10H2;1H. The molecule has 1 aromatic rings. The van der Waals surface area contributed by atoms with Gasteiger partial charge in [-0.1, -0.05) is 0 Å². The lowest BCUT2D eigenvalue weighted by molar-refractivity contribution is 0.313. The second kappa shape index (κ2) is 6.57. The number of hydrogen-bond acceptors (Lipinski definition) is 3. The Morgan fingerprint density at radius 2 is 1.85 bits per heavy atom. The van der Waals surface area contributed by atoms with Crippen molar-refractivity contribution < 1.29 is 9.84 Å². The maximum Gasteiger partial charge on any atom is 0.119 e. The van der Waals surface area contributed by atoms with Gasteiger partial charge in [0.05, 0.1) is 6.61 Å². The third-order valence-electron chi connectivity index (χ3n) is 1.45. The van der Waals surface area contributed by atoms with Crippen molar-refractivity contribution in [3.05, 3.63) is 24.3 Å². The van der Waals surface area contributed by atoms with Crippen LogP contribution < -0.4 is 10.5 Å². The minimum atomic E-state index is 0. The van der Waals surface area contributed by atoms with E-state index in [0.717, 1.165) is 12.2 Å². The van der Waals surface area contributed by atoms with Crippen molar-refractivity contribution in [2.24, 2.45) is 5.73 Å². The quantitative estimate of drug-likeness (QED) is 0.730. The lowest BCUT2D eigenvalue weighted by atomic mass is 10.3. The van der Waals surface area contributed by atoms with Gasteiger partial charge in [-0.05, 0) is 37.2 Å². The summed E-state index contributed by atoms with van der Waals surface area (Å²) in [5.74, 6) is 1.02. The molecule has 0 bridgehead atoms. The Balaban J connectivity index is 0.00000144. The predicted octanol–water partition coefficient (Wildman–Crippen LogP) is 1.54. The zero-order valence-corrected chi connectivity index (χ0v) is 8.09. The Bertz CT molecular complexity index is 226. The minimum Gasteiger partial charge on any atom is -0.508 e. The van der Waals surface area contributed by atoms with Crippen LogP contribution in [0.25, 0.3) is 0 Å². The molecular formula is C9H14ClNO2. The first-order valence-corrected chi connectivity index (χ1v) is 3.95. The first kappa shape index (κ1) is 12.1. The smallest absolute Gasteiger partial charge is 0.119 e. The van der Waals surface area contributed by atoms with E-state index in [1.807, 2.05) is 0 Å². The number of phenols is 1. The lowest BCUT2D eigenvalue weighted by Gasteiger charge is -2.04. The summed E-state index contributed by atoms with van der Waals surface area (Å²) in [6, 6.07) is 6.65. The molecule has 0 saturated heterocycles. The zero-order valence-electron chi connectivity index (χ0n) is 7.27. The molecule has 0 spiro atoms. The summed E-state index contributed by atoms with van der Waals surface area (Å²) in [6.45, 7) is 1.26. The zero-order chi connectivity index (χ0) is 8.81. The van der Waals surface area contributed by atoms with Gasteiger partial charge in [0.1, 0.15) is 11.5 Å². The highest BCUT2D eigenvalue weighted by Gasteiger charge is 1.92. The van der Waals surface area contributed by atoms with E-state index in [9.17, 15) is 0 Å². The molecule has 3 nitrogen and oxygen atoms in total. The maximum atomic E-state index is 8.95. The van der Waals surface area contributed by atoms with Crippen molar-refractivity contribution >= 4 is 12.4 Å². The van der Waals surface area contributed by atoms with Gasteiger partial charge in [0.2, 0.25) is 0 Å². The first-order chi connectivity index (χ1) is 5.83. The Kier molecular flexibility index (Phi) is 6.10. The summed E-state index contributed by atoms with van der Waals surface area (Å²) in [7, 11) is 0. The topological polar surface area (TPSA) is 55.5 Å². The van der Waals surface area contributed by atoms with Crippen LogP contribution in [0.15, 0.2) is 24.3 Å². The molecule has 0 aliphatic carbocycles. The van der Waals surface area contributed by atoms with Crippen molar-refractivity contribution in [2.45, 2.75) is 6.42 Å². The van der Waals surface area contributed by atoms with Crippen LogP contribution in [-0.2, 0) is 0 Å². The van der Waals surface area contributed by atoms with Crippen LogP contribution in [0.2, 0.25) is 0 Å². The summed E-state index contributed by atoms with van der Waals surface area (Å²) >= 11 is 0. The van der Waals surface area contributed by atoms with Crippen LogP contribution in [0.5, 0.6) is 11.5 Å². The van der Waals surface area contributed by atoms with E-state index in [-0.39, 0.29) is 18.2 Å². The predicted molar refractivity (Wildman–Crippen MR) is 54.5 cm³/mol. The summed E-state index contributed by atoms with van der Waals surface area (Å²) < 4.78 is 5.31. The number of rotatable bonds is 4. The molecule has 1 aromatic carbocycles. The molecule has 0 atom stereocenters. The highest BCUT2D eigenvalue weighted by Crippen LogP contribution is 2.15. The molecule has 0 saturated carbocycles. The summed E-state index contributed by atoms with van der Waals surface area (Å²) in [5, 5.41) is 8.95. The average molecular weight is 204 g/mol. The molecule has 13 heavy (non-hydrogen) atoms. The maximum absolute atomic E-state index is 8.95. The second-order valence-corrected chi connectivity index (χ2v) is 2.48. The summed E-state index contributed by atoms with van der Waals surface area (Å²) in [6.07, 6.45) is 0.848. The van der Waals surface area contributed by atoms with E-state index in [1.165, 1.54) is 0 Å². The normalized spacial score (nSPS) is 9.00. The monoisotopic (exact) mass is 203 g/mol. The Morgan fingerprint density at radius 3 is 2.38 bits per heavy atom. The lowest BCUT2D eigenvalue weighted by Crippen LogP contribution is -2.05. The molecule has 0 amide bonds. The molecule has 0 unspecified atom stereocenters. The molecule has 0 heterocycles. The molecule has 0 aliphatic heterocycles. The van der Waals surface area contributed by atoms with Crippen LogP contribution in [0, 0.1) is 0 Å². The fourth-order valence-electron chi connectivity index (χ4n) is 0.816. The molecule has 0 radical (unpaired) electrons. The fraction of sp³-hybridized carbons (Fsp3) is 0.333. The number of hydrogen-bond donors (Lipinski definition) is 2. The number of phenolic OH excluding ortho intramolecular Hbond substituents is 1. The minimum absolute atomic E-state index is 0. The number of halogens is 1. The molecule has 1 rings (SSSR count). The van der Waals surface area contributed by atoms with Crippen molar-refractivity contribution in [1.29, 1.82) is 0 Å². The Morgan fingerprint density at radius 1 is 1.23 bits per heavy atom. The Labute approximate surface area is 83.9 Å². The second-order valence-electron chi connectivity index (χ2n) is 2.48. The van der Waals surface area contributed by atoms with Crippen molar-refractivity contribution in [2.75, 3.05) is 13.2 Å². The number of benzene rings is 1. The van der Waals surface area contributed by atoms with Gasteiger partial charge in [0.15, 0.2) is 0 Å². The van der Waals surface area contributed by atoms with E-state index in [2.05, 4.69) is 0 Å². The van der Waals surface area contributed by atoms with Gasteiger partial charge in [-0.15, -0.1) is 12.4 Å². The van der Waals surface area contributed by atoms with Crippen molar-refractivity contribution in [1.82, 2.24) is 0 Å². The third-order valence-corrected chi connectivity index (χ3v) is 1.45.